The van der Waals surface area contributed by atoms with E-state index in [0.29, 0.717) is 6.61 Å². The van der Waals surface area contributed by atoms with Gasteiger partial charge in [-0.3, -0.25) is 0 Å². The number of rotatable bonds is 2. The molecule has 0 amide bonds. The van der Waals surface area contributed by atoms with Crippen molar-refractivity contribution < 1.29 is 4.74 Å². The topological polar surface area (TPSA) is 21.6 Å². The predicted octanol–water partition coefficient (Wildman–Crippen LogP) is 3.93. The molecule has 2 rings (SSSR count). The number of ether oxygens (including phenoxy) is 1. The maximum Gasteiger partial charge on any atom is 0.194 e. The molecular formula is C14H18BrNO. The first-order valence-electron chi connectivity index (χ1n) is 5.81. The van der Waals surface area contributed by atoms with E-state index in [4.69, 9.17) is 4.74 Å². The summed E-state index contributed by atoms with van der Waals surface area (Å²) in [5.74, 6) is 0.828. The van der Waals surface area contributed by atoms with E-state index in [9.17, 15) is 0 Å². The fourth-order valence-corrected chi connectivity index (χ4v) is 2.77. The van der Waals surface area contributed by atoms with Gasteiger partial charge in [-0.05, 0) is 39.3 Å². The summed E-state index contributed by atoms with van der Waals surface area (Å²) in [6, 6.07) is 8.23. The highest BCUT2D eigenvalue weighted by molar-refractivity contribution is 9.10. The maximum atomic E-state index is 5.77. The standard InChI is InChI=1S/C14H18BrNO/c1-13(2)9-17-12(16-13)14(3,4)10-7-5-6-8-11(10)15/h5-8H,9H2,1-4H3. The fourth-order valence-electron chi connectivity index (χ4n) is 1.99. The van der Waals surface area contributed by atoms with Gasteiger partial charge < -0.3 is 4.74 Å². The molecule has 1 aliphatic heterocycles. The summed E-state index contributed by atoms with van der Waals surface area (Å²) < 4.78 is 6.87. The van der Waals surface area contributed by atoms with Gasteiger partial charge in [0.2, 0.25) is 0 Å². The molecule has 1 aromatic carbocycles. The van der Waals surface area contributed by atoms with Gasteiger partial charge in [-0.1, -0.05) is 34.1 Å². The van der Waals surface area contributed by atoms with Gasteiger partial charge in [0.1, 0.15) is 6.61 Å². The van der Waals surface area contributed by atoms with Crippen LogP contribution in [0.2, 0.25) is 0 Å². The van der Waals surface area contributed by atoms with Crippen LogP contribution in [0.4, 0.5) is 0 Å². The van der Waals surface area contributed by atoms with Gasteiger partial charge in [0.25, 0.3) is 0 Å². The SMILES string of the molecule is CC1(C)COC(C(C)(C)c2ccccc2Br)=N1. The number of benzene rings is 1. The van der Waals surface area contributed by atoms with Crippen LogP contribution < -0.4 is 0 Å². The van der Waals surface area contributed by atoms with Crippen LogP contribution in [0.15, 0.2) is 33.7 Å². The van der Waals surface area contributed by atoms with Gasteiger partial charge in [0.15, 0.2) is 5.90 Å². The third kappa shape index (κ3) is 2.39. The average molecular weight is 296 g/mol. The Bertz CT molecular complexity index is 463. The van der Waals surface area contributed by atoms with Crippen molar-refractivity contribution >= 4 is 21.8 Å². The molecule has 0 radical (unpaired) electrons. The first kappa shape index (κ1) is 12.6. The molecular weight excluding hydrogens is 278 g/mol. The Hall–Kier alpha value is -0.830. The van der Waals surface area contributed by atoms with Crippen LogP contribution >= 0.6 is 15.9 Å². The largest absolute Gasteiger partial charge is 0.478 e. The molecule has 1 aliphatic rings. The number of hydrogen-bond acceptors (Lipinski definition) is 2. The van der Waals surface area contributed by atoms with Crippen LogP contribution in [0, 0.1) is 0 Å². The summed E-state index contributed by atoms with van der Waals surface area (Å²) in [4.78, 5) is 4.68. The molecule has 0 saturated carbocycles. The zero-order chi connectivity index (χ0) is 12.7. The molecule has 0 aliphatic carbocycles. The van der Waals surface area contributed by atoms with E-state index >= 15 is 0 Å². The lowest BCUT2D eigenvalue weighted by molar-refractivity contribution is 0.263. The minimum absolute atomic E-state index is 0.103. The molecule has 2 nitrogen and oxygen atoms in total. The molecule has 0 aromatic heterocycles. The van der Waals surface area contributed by atoms with Crippen molar-refractivity contribution in [3.8, 4) is 0 Å². The van der Waals surface area contributed by atoms with Gasteiger partial charge >= 0.3 is 0 Å². The number of halogens is 1. The molecule has 0 bridgehead atoms. The minimum atomic E-state index is -0.201. The normalized spacial score (nSPS) is 18.8. The summed E-state index contributed by atoms with van der Waals surface area (Å²) in [6.45, 7) is 9.14. The van der Waals surface area contributed by atoms with Crippen molar-refractivity contribution in [2.45, 2.75) is 38.6 Å². The Morgan fingerprint density at radius 2 is 1.94 bits per heavy atom. The Labute approximate surface area is 111 Å². The van der Waals surface area contributed by atoms with Crippen LogP contribution in [-0.4, -0.2) is 18.0 Å². The second kappa shape index (κ2) is 4.13. The van der Waals surface area contributed by atoms with Crippen LogP contribution in [0.1, 0.15) is 33.3 Å². The van der Waals surface area contributed by atoms with Crippen molar-refractivity contribution in [2.75, 3.05) is 6.61 Å². The van der Waals surface area contributed by atoms with E-state index in [1.54, 1.807) is 0 Å². The Morgan fingerprint density at radius 1 is 1.29 bits per heavy atom. The van der Waals surface area contributed by atoms with Crippen LogP contribution in [0.5, 0.6) is 0 Å². The summed E-state index contributed by atoms with van der Waals surface area (Å²) in [7, 11) is 0. The molecule has 0 saturated heterocycles. The lowest BCUT2D eigenvalue weighted by Gasteiger charge is -2.25. The Balaban J connectivity index is 2.41. The van der Waals surface area contributed by atoms with Crippen molar-refractivity contribution in [1.29, 1.82) is 0 Å². The van der Waals surface area contributed by atoms with Crippen molar-refractivity contribution in [3.05, 3.63) is 34.3 Å². The van der Waals surface area contributed by atoms with Gasteiger partial charge in [-0.2, -0.15) is 0 Å². The van der Waals surface area contributed by atoms with Gasteiger partial charge in [0.05, 0.1) is 11.0 Å². The number of aliphatic imine (C=N–C) groups is 1. The highest BCUT2D eigenvalue weighted by atomic mass is 79.9. The number of hydrogen-bond donors (Lipinski definition) is 0. The maximum absolute atomic E-state index is 5.77. The van der Waals surface area contributed by atoms with E-state index in [1.807, 2.05) is 12.1 Å². The molecule has 0 unspecified atom stereocenters. The van der Waals surface area contributed by atoms with Crippen LogP contribution in [0.3, 0.4) is 0 Å². The highest BCUT2D eigenvalue weighted by Gasteiger charge is 2.37. The van der Waals surface area contributed by atoms with Gasteiger partial charge in [-0.25, -0.2) is 4.99 Å². The first-order chi connectivity index (χ1) is 7.83. The van der Waals surface area contributed by atoms with Crippen molar-refractivity contribution in [2.24, 2.45) is 4.99 Å². The fraction of sp³-hybridized carbons (Fsp3) is 0.500. The third-order valence-corrected chi connectivity index (χ3v) is 3.74. The second-order valence-corrected chi connectivity index (χ2v) is 6.48. The lowest BCUT2D eigenvalue weighted by atomic mass is 9.84. The van der Waals surface area contributed by atoms with Crippen LogP contribution in [0.25, 0.3) is 0 Å². The summed E-state index contributed by atoms with van der Waals surface area (Å²) >= 11 is 3.60. The zero-order valence-electron chi connectivity index (χ0n) is 10.7. The molecule has 1 heterocycles. The van der Waals surface area contributed by atoms with Crippen molar-refractivity contribution in [3.63, 3.8) is 0 Å². The summed E-state index contributed by atoms with van der Waals surface area (Å²) in [6.07, 6.45) is 0. The third-order valence-electron chi connectivity index (χ3n) is 3.05. The first-order valence-corrected chi connectivity index (χ1v) is 6.60. The summed E-state index contributed by atoms with van der Waals surface area (Å²) in [5.41, 5.74) is 0.901. The monoisotopic (exact) mass is 295 g/mol. The van der Waals surface area contributed by atoms with E-state index in [1.165, 1.54) is 5.56 Å². The molecule has 17 heavy (non-hydrogen) atoms. The predicted molar refractivity (Wildman–Crippen MR) is 74.6 cm³/mol. The molecule has 0 fully saturated rings. The quantitative estimate of drug-likeness (QED) is 0.810. The molecule has 0 spiro atoms. The van der Waals surface area contributed by atoms with E-state index in [-0.39, 0.29) is 11.0 Å². The Morgan fingerprint density at radius 3 is 2.47 bits per heavy atom. The highest BCUT2D eigenvalue weighted by Crippen LogP contribution is 2.35. The van der Waals surface area contributed by atoms with Crippen molar-refractivity contribution in [1.82, 2.24) is 0 Å². The van der Waals surface area contributed by atoms with E-state index < -0.39 is 0 Å². The molecule has 92 valence electrons. The Kier molecular flexibility index (Phi) is 3.06. The van der Waals surface area contributed by atoms with E-state index in [0.717, 1.165) is 10.4 Å². The van der Waals surface area contributed by atoms with Gasteiger partial charge in [-0.15, -0.1) is 0 Å². The minimum Gasteiger partial charge on any atom is -0.478 e. The van der Waals surface area contributed by atoms with E-state index in [2.05, 4.69) is 60.8 Å². The zero-order valence-corrected chi connectivity index (χ0v) is 12.3. The summed E-state index contributed by atoms with van der Waals surface area (Å²) in [5, 5.41) is 0. The van der Waals surface area contributed by atoms with Gasteiger partial charge in [0, 0.05) is 4.47 Å². The van der Waals surface area contributed by atoms with Crippen LogP contribution in [-0.2, 0) is 10.2 Å². The molecule has 0 atom stereocenters. The molecule has 0 N–H and O–H groups in total. The molecule has 1 aromatic rings. The second-order valence-electron chi connectivity index (χ2n) is 5.62. The lowest BCUT2D eigenvalue weighted by Crippen LogP contribution is -2.29. The smallest absolute Gasteiger partial charge is 0.194 e. The molecule has 3 heteroatoms. The average Bonchev–Trinajstić information content (AvgIpc) is 2.60. The number of nitrogens with zero attached hydrogens (tertiary/aromatic N) is 1.